The number of nitrogens with one attached hydrogen (secondary N) is 3. The molecule has 0 spiro atoms. The van der Waals surface area contributed by atoms with Crippen molar-refractivity contribution in [1.82, 2.24) is 20.3 Å². The van der Waals surface area contributed by atoms with Crippen molar-refractivity contribution in [3.8, 4) is 11.3 Å². The lowest BCUT2D eigenvalue weighted by Crippen LogP contribution is -2.15. The Morgan fingerprint density at radius 3 is 2.86 bits per heavy atom. The Bertz CT molecular complexity index is 1440. The molecule has 4 aromatic heterocycles. The van der Waals surface area contributed by atoms with Gasteiger partial charge in [-0.3, -0.25) is 10.4 Å². The van der Waals surface area contributed by atoms with Crippen molar-refractivity contribution in [3.63, 3.8) is 0 Å². The summed E-state index contributed by atoms with van der Waals surface area (Å²) in [4.78, 5) is 12.4. The van der Waals surface area contributed by atoms with Gasteiger partial charge in [0, 0.05) is 51.9 Å². The van der Waals surface area contributed by atoms with Gasteiger partial charge in [0.25, 0.3) is 0 Å². The summed E-state index contributed by atoms with van der Waals surface area (Å²) in [6, 6.07) is 7.91. The number of nitrogens with zero attached hydrogens (tertiary/aromatic N) is 2. The predicted molar refractivity (Wildman–Crippen MR) is 154 cm³/mol. The molecule has 0 radical (unpaired) electrons. The summed E-state index contributed by atoms with van der Waals surface area (Å²) in [5.41, 5.74) is 13.9. The van der Waals surface area contributed by atoms with E-state index in [9.17, 15) is 0 Å². The van der Waals surface area contributed by atoms with Crippen molar-refractivity contribution < 1.29 is 0 Å². The Hall–Kier alpha value is -3.81. The Balaban J connectivity index is 1.75. The summed E-state index contributed by atoms with van der Waals surface area (Å²) >= 11 is 1.64. The molecule has 0 saturated heterocycles. The van der Waals surface area contributed by atoms with Crippen molar-refractivity contribution in [3.05, 3.63) is 94.6 Å². The van der Waals surface area contributed by atoms with Crippen molar-refractivity contribution in [2.45, 2.75) is 20.8 Å². The molecule has 0 aliphatic heterocycles. The lowest BCUT2D eigenvalue weighted by molar-refractivity contribution is 0.776. The molecule has 184 valence electrons. The van der Waals surface area contributed by atoms with Crippen molar-refractivity contribution in [2.24, 2.45) is 5.92 Å². The topological polar surface area (TPSA) is 103 Å². The lowest BCUT2D eigenvalue weighted by atomic mass is 9.97. The first-order valence-electron chi connectivity index (χ1n) is 12.0. The molecule has 1 atom stereocenters. The van der Waals surface area contributed by atoms with Crippen molar-refractivity contribution in [2.75, 3.05) is 18.8 Å². The zero-order valence-corrected chi connectivity index (χ0v) is 21.7. The van der Waals surface area contributed by atoms with Gasteiger partial charge in [0.1, 0.15) is 5.82 Å². The second-order valence-electron chi connectivity index (χ2n) is 8.84. The molecule has 4 rings (SSSR count). The van der Waals surface area contributed by atoms with E-state index in [-0.39, 0.29) is 5.92 Å². The quantitative estimate of drug-likeness (QED) is 0.115. The highest BCUT2D eigenvalue weighted by atomic mass is 32.1. The van der Waals surface area contributed by atoms with E-state index in [4.69, 9.17) is 11.1 Å². The van der Waals surface area contributed by atoms with Crippen LogP contribution in [0.5, 0.6) is 0 Å². The SMILES string of the molecule is C=C[C@H](C)/C=C(\C=C(/C)CNCC)c1cnc(N)c(C(=N)c2cc3c(-c4ccsc4)nccc3[nH]2)c1. The third-order valence-corrected chi connectivity index (χ3v) is 6.69. The van der Waals surface area contributed by atoms with Crippen LogP contribution in [0.15, 0.2) is 77.8 Å². The van der Waals surface area contributed by atoms with Crippen LogP contribution in [0, 0.1) is 11.3 Å². The molecular weight excluding hydrogens is 464 g/mol. The minimum absolute atomic E-state index is 0.181. The monoisotopic (exact) mass is 496 g/mol. The average Bonchev–Trinajstić information content (AvgIpc) is 3.57. The van der Waals surface area contributed by atoms with E-state index in [1.54, 1.807) is 23.7 Å². The van der Waals surface area contributed by atoms with Gasteiger partial charge in [0.05, 0.1) is 17.1 Å². The Kier molecular flexibility index (Phi) is 7.93. The van der Waals surface area contributed by atoms with Gasteiger partial charge < -0.3 is 16.0 Å². The fourth-order valence-electron chi connectivity index (χ4n) is 4.01. The van der Waals surface area contributed by atoms with E-state index < -0.39 is 0 Å². The van der Waals surface area contributed by atoms with Gasteiger partial charge in [-0.1, -0.05) is 37.6 Å². The maximum absolute atomic E-state index is 9.01. The predicted octanol–water partition coefficient (Wildman–Crippen LogP) is 6.45. The molecule has 0 bridgehead atoms. The van der Waals surface area contributed by atoms with Gasteiger partial charge in [-0.25, -0.2) is 4.98 Å². The van der Waals surface area contributed by atoms with Crippen LogP contribution in [0.1, 0.15) is 37.6 Å². The van der Waals surface area contributed by atoms with Crippen LogP contribution in [0.4, 0.5) is 5.82 Å². The van der Waals surface area contributed by atoms with Crippen LogP contribution in [-0.2, 0) is 0 Å². The molecule has 0 fully saturated rings. The number of nitrogens with two attached hydrogens (primary N) is 1. The van der Waals surface area contributed by atoms with Crippen LogP contribution in [0.2, 0.25) is 0 Å². The van der Waals surface area contributed by atoms with Crippen LogP contribution in [0.25, 0.3) is 27.7 Å². The van der Waals surface area contributed by atoms with Crippen LogP contribution < -0.4 is 11.1 Å². The zero-order chi connectivity index (χ0) is 25.7. The smallest absolute Gasteiger partial charge is 0.132 e. The zero-order valence-electron chi connectivity index (χ0n) is 20.9. The molecule has 4 heterocycles. The number of nitrogen functional groups attached to an aromatic ring is 1. The summed E-state index contributed by atoms with van der Waals surface area (Å²) in [6.45, 7) is 11.9. The molecule has 6 nitrogen and oxygen atoms in total. The summed E-state index contributed by atoms with van der Waals surface area (Å²) in [7, 11) is 0. The molecule has 0 aromatic carbocycles. The maximum atomic E-state index is 9.01. The minimum Gasteiger partial charge on any atom is -0.383 e. The number of aromatic amines is 1. The number of H-pyrrole nitrogens is 1. The second-order valence-corrected chi connectivity index (χ2v) is 9.62. The van der Waals surface area contributed by atoms with E-state index >= 15 is 0 Å². The van der Waals surface area contributed by atoms with Gasteiger partial charge in [-0.05, 0) is 54.6 Å². The third-order valence-electron chi connectivity index (χ3n) is 6.00. The number of aromatic nitrogens is 3. The third kappa shape index (κ3) is 5.53. The Morgan fingerprint density at radius 1 is 1.31 bits per heavy atom. The summed E-state index contributed by atoms with van der Waals surface area (Å²) in [5, 5.41) is 17.5. The normalized spacial score (nSPS) is 13.2. The molecular formula is C29H32N6S. The van der Waals surface area contributed by atoms with Gasteiger partial charge >= 0.3 is 0 Å². The molecule has 7 heteroatoms. The summed E-state index contributed by atoms with van der Waals surface area (Å²) in [6.07, 6.45) is 9.78. The number of anilines is 1. The number of pyridine rings is 2. The van der Waals surface area contributed by atoms with E-state index in [2.05, 4.69) is 71.2 Å². The van der Waals surface area contributed by atoms with E-state index in [0.29, 0.717) is 22.8 Å². The second kappa shape index (κ2) is 11.3. The Morgan fingerprint density at radius 2 is 2.14 bits per heavy atom. The van der Waals surface area contributed by atoms with Crippen molar-refractivity contribution in [1.29, 1.82) is 5.41 Å². The summed E-state index contributed by atoms with van der Waals surface area (Å²) < 4.78 is 0. The van der Waals surface area contributed by atoms with Crippen LogP contribution in [-0.4, -0.2) is 33.8 Å². The Labute approximate surface area is 216 Å². The number of rotatable bonds is 10. The highest BCUT2D eigenvalue weighted by Gasteiger charge is 2.16. The fourth-order valence-corrected chi connectivity index (χ4v) is 4.65. The number of likely N-dealkylation sites (N-methyl/N-ethyl adjacent to an activating group) is 1. The highest BCUT2D eigenvalue weighted by Crippen LogP contribution is 2.30. The van der Waals surface area contributed by atoms with Crippen LogP contribution in [0.3, 0.4) is 0 Å². The molecule has 0 amide bonds. The lowest BCUT2D eigenvalue weighted by Gasteiger charge is -2.12. The van der Waals surface area contributed by atoms with E-state index in [1.165, 1.54) is 5.57 Å². The summed E-state index contributed by atoms with van der Waals surface area (Å²) in [5.74, 6) is 0.503. The minimum atomic E-state index is 0.181. The number of allylic oxidation sites excluding steroid dienone is 4. The first-order chi connectivity index (χ1) is 17.4. The van der Waals surface area contributed by atoms with E-state index in [1.807, 2.05) is 29.7 Å². The molecule has 0 aliphatic rings. The number of hydrogen-bond acceptors (Lipinski definition) is 6. The molecule has 0 aliphatic carbocycles. The van der Waals surface area contributed by atoms with Gasteiger partial charge in [-0.15, -0.1) is 6.58 Å². The number of fused-ring (bicyclic) bond motifs is 1. The first kappa shape index (κ1) is 25.3. The standard InChI is InChI=1S/C29H32N6S/c1-5-18(3)11-21(12-19(4)15-32-6-2)22-13-24(29(31)34-16-22)27(30)26-14-23-25(35-26)7-9-33-28(23)20-8-10-36-17-20/h5,7-14,16-18,30,32,35H,1,6,15H2,2-4H3,(H2,31,34)/b19-12+,21-11+,30-27?/t18-/m0/s1. The van der Waals surface area contributed by atoms with Gasteiger partial charge in [0.15, 0.2) is 0 Å². The van der Waals surface area contributed by atoms with Gasteiger partial charge in [-0.2, -0.15) is 11.3 Å². The van der Waals surface area contributed by atoms with Gasteiger partial charge in [0.2, 0.25) is 0 Å². The highest BCUT2D eigenvalue weighted by molar-refractivity contribution is 7.08. The molecule has 5 N–H and O–H groups in total. The van der Waals surface area contributed by atoms with Crippen LogP contribution >= 0.6 is 11.3 Å². The maximum Gasteiger partial charge on any atom is 0.132 e. The molecule has 36 heavy (non-hydrogen) atoms. The molecule has 4 aromatic rings. The number of thiophene rings is 1. The van der Waals surface area contributed by atoms with E-state index in [0.717, 1.165) is 46.4 Å². The van der Waals surface area contributed by atoms with Crippen molar-refractivity contribution >= 4 is 39.3 Å². The average molecular weight is 497 g/mol. The largest absolute Gasteiger partial charge is 0.383 e. The first-order valence-corrected chi connectivity index (χ1v) is 12.9. The molecule has 0 saturated carbocycles. The fraction of sp³-hybridized carbons (Fsp3) is 0.207. The number of hydrogen-bond donors (Lipinski definition) is 4. The molecule has 0 unspecified atom stereocenters.